The van der Waals surface area contributed by atoms with E-state index < -0.39 is 101 Å². The summed E-state index contributed by atoms with van der Waals surface area (Å²) in [5.41, 5.74) is 5.78. The van der Waals surface area contributed by atoms with E-state index in [1.54, 1.807) is 0 Å². The Kier molecular flexibility index (Phi) is 9.65. The fraction of sp³-hybridized carbons (Fsp3) is 0.842. The van der Waals surface area contributed by atoms with E-state index in [0.29, 0.717) is 0 Å². The van der Waals surface area contributed by atoms with E-state index in [0.717, 1.165) is 4.90 Å². The number of urea groups is 1. The first-order valence-electron chi connectivity index (χ1n) is 12.4. The minimum absolute atomic E-state index is 0. The lowest BCUT2D eigenvalue weighted by Crippen LogP contribution is -2.71. The minimum atomic E-state index is -5.00. The Morgan fingerprint density at radius 3 is 2.46 bits per heavy atom. The molecule has 5 saturated heterocycles. The number of phosphoric acid groups is 1. The van der Waals surface area contributed by atoms with Crippen molar-refractivity contribution in [1.82, 2.24) is 37.2 Å². The number of ether oxygens (including phenoxy) is 2. The summed E-state index contributed by atoms with van der Waals surface area (Å²) in [5.74, 6) is -0.900. The van der Waals surface area contributed by atoms with Gasteiger partial charge in [0.15, 0.2) is 6.23 Å². The maximum Gasteiger partial charge on any atom is 0.472 e. The second-order valence-corrected chi connectivity index (χ2v) is 11.3. The molecule has 5 aliphatic heterocycles. The molecule has 0 aromatic carbocycles. The average Bonchev–Trinajstić information content (AvgIpc) is 3.53. The van der Waals surface area contributed by atoms with Crippen molar-refractivity contribution in [2.24, 2.45) is 5.73 Å². The van der Waals surface area contributed by atoms with Gasteiger partial charge in [-0.3, -0.25) is 45.2 Å². The molecule has 0 spiro atoms. The third-order valence-electron chi connectivity index (χ3n) is 7.30. The van der Waals surface area contributed by atoms with Crippen LogP contribution in [-0.2, 0) is 32.7 Å². The Balaban J connectivity index is 0.00000387. The number of aliphatic hydroxyl groups excluding tert-OH is 4. The third kappa shape index (κ3) is 6.25. The first-order valence-corrected chi connectivity index (χ1v) is 13.9. The number of rotatable bonds is 8. The van der Waals surface area contributed by atoms with Crippen LogP contribution >= 0.6 is 7.82 Å². The predicted molar refractivity (Wildman–Crippen MR) is 130 cm³/mol. The van der Waals surface area contributed by atoms with E-state index in [-0.39, 0.29) is 31.7 Å². The fourth-order valence-electron chi connectivity index (χ4n) is 5.32. The molecule has 5 fully saturated rings. The van der Waals surface area contributed by atoms with E-state index >= 15 is 0 Å². The zero-order valence-corrected chi connectivity index (χ0v) is 22.4. The van der Waals surface area contributed by atoms with Crippen LogP contribution in [0.1, 0.15) is 6.42 Å². The molecule has 0 aromatic rings. The molecule has 41 heavy (non-hydrogen) atoms. The van der Waals surface area contributed by atoms with Gasteiger partial charge in [0.05, 0.1) is 26.0 Å². The quantitative estimate of drug-likeness (QED) is 0.113. The van der Waals surface area contributed by atoms with Crippen LogP contribution in [0.5, 0.6) is 0 Å². The molecule has 12 unspecified atom stereocenters. The van der Waals surface area contributed by atoms with Gasteiger partial charge in [0, 0.05) is 13.0 Å². The summed E-state index contributed by atoms with van der Waals surface area (Å²) in [4.78, 5) is 48.5. The average molecular weight is 615 g/mol. The number of nitrogens with one attached hydrogen (secondary N) is 4. The highest BCUT2D eigenvalue weighted by Gasteiger charge is 2.55. The highest BCUT2D eigenvalue weighted by Crippen LogP contribution is 2.48. The van der Waals surface area contributed by atoms with E-state index in [1.165, 1.54) is 4.90 Å². The molecule has 4 amide bonds. The van der Waals surface area contributed by atoms with Crippen LogP contribution in [0, 0.1) is 0 Å². The Hall–Kier alpha value is -1.92. The summed E-state index contributed by atoms with van der Waals surface area (Å²) in [6, 6.07) is -1.57. The van der Waals surface area contributed by atoms with Crippen molar-refractivity contribution in [2.45, 2.75) is 74.0 Å². The standard InChI is InChI=1S/C19H32N7O13P.H3N/c20-18-23-14-9(15(32)24-18)21-5-26(14)17-12(31)13(6(3-27)37-17)39-40(34,35)36-4-7-10(29)11(30)16(38-7)25-2-1-8(28)22-19(25)33;/h6-7,9-14,16-18,21,23,27,29-31H,1-5,20H2,(H,24,32)(H,34,35)(H,22,28,33);1H3. The molecule has 0 bridgehead atoms. The number of phosphoric ester groups is 1. The van der Waals surface area contributed by atoms with Crippen LogP contribution in [0.3, 0.4) is 0 Å². The Morgan fingerprint density at radius 1 is 1.07 bits per heavy atom. The highest BCUT2D eigenvalue weighted by molar-refractivity contribution is 7.47. The van der Waals surface area contributed by atoms with E-state index in [2.05, 4.69) is 21.3 Å². The minimum Gasteiger partial charge on any atom is -0.394 e. The highest BCUT2D eigenvalue weighted by atomic mass is 31.2. The van der Waals surface area contributed by atoms with Crippen LogP contribution in [0.25, 0.3) is 0 Å². The van der Waals surface area contributed by atoms with Gasteiger partial charge >= 0.3 is 13.9 Å². The van der Waals surface area contributed by atoms with Gasteiger partial charge in [-0.2, -0.15) is 0 Å². The van der Waals surface area contributed by atoms with Crippen molar-refractivity contribution < 1.29 is 62.8 Å². The molecule has 12 atom stereocenters. The monoisotopic (exact) mass is 614 g/mol. The number of carbonyl (C=O) groups excluding carboxylic acids is 3. The topological polar surface area (TPSA) is 322 Å². The number of hydrogen-bond acceptors (Lipinski definition) is 17. The first kappa shape index (κ1) is 32.0. The Bertz CT molecular complexity index is 1060. The summed E-state index contributed by atoms with van der Waals surface area (Å²) < 4.78 is 34.0. The zero-order chi connectivity index (χ0) is 28.9. The number of nitrogens with two attached hydrogens (primary N) is 1. The molecule has 0 aromatic heterocycles. The van der Waals surface area contributed by atoms with Crippen molar-refractivity contribution in [3.8, 4) is 0 Å². The number of imide groups is 1. The van der Waals surface area contributed by atoms with Gasteiger partial charge in [0.1, 0.15) is 55.2 Å². The van der Waals surface area contributed by atoms with Crippen LogP contribution < -0.4 is 33.2 Å². The zero-order valence-electron chi connectivity index (χ0n) is 21.5. The molecule has 0 aliphatic carbocycles. The molecule has 5 aliphatic rings. The van der Waals surface area contributed by atoms with Gasteiger partial charge in [-0.25, -0.2) is 14.3 Å². The van der Waals surface area contributed by atoms with Gasteiger partial charge < -0.3 is 46.3 Å². The van der Waals surface area contributed by atoms with Gasteiger partial charge in [-0.1, -0.05) is 0 Å². The van der Waals surface area contributed by atoms with Crippen molar-refractivity contribution in [3.63, 3.8) is 0 Å². The van der Waals surface area contributed by atoms with E-state index in [9.17, 15) is 44.3 Å². The van der Waals surface area contributed by atoms with Crippen molar-refractivity contribution in [2.75, 3.05) is 26.4 Å². The van der Waals surface area contributed by atoms with Crippen molar-refractivity contribution >= 4 is 25.7 Å². The summed E-state index contributed by atoms with van der Waals surface area (Å²) >= 11 is 0. The maximum absolute atomic E-state index is 12.8. The smallest absolute Gasteiger partial charge is 0.394 e. The lowest BCUT2D eigenvalue weighted by molar-refractivity contribution is -0.133. The normalized spacial score (nSPS) is 42.8. The second-order valence-electron chi connectivity index (χ2n) is 9.87. The van der Waals surface area contributed by atoms with Gasteiger partial charge in [-0.05, 0) is 0 Å². The Morgan fingerprint density at radius 2 is 1.78 bits per heavy atom. The van der Waals surface area contributed by atoms with E-state index in [4.69, 9.17) is 24.3 Å². The molecule has 0 saturated carbocycles. The molecule has 5 rings (SSSR count). The summed E-state index contributed by atoms with van der Waals surface area (Å²) in [6.45, 7) is -1.51. The molecule has 5 heterocycles. The molecule has 14 N–H and O–H groups in total. The summed E-state index contributed by atoms with van der Waals surface area (Å²) in [7, 11) is -5.00. The number of carbonyl (C=O) groups is 3. The van der Waals surface area contributed by atoms with Gasteiger partial charge in [0.25, 0.3) is 0 Å². The second kappa shape index (κ2) is 12.4. The van der Waals surface area contributed by atoms with Crippen LogP contribution in [-0.4, -0.2) is 147 Å². The van der Waals surface area contributed by atoms with Crippen molar-refractivity contribution in [1.29, 1.82) is 0 Å². The van der Waals surface area contributed by atoms with Crippen LogP contribution in [0.2, 0.25) is 0 Å². The van der Waals surface area contributed by atoms with Gasteiger partial charge in [-0.15, -0.1) is 0 Å². The number of fused-ring (bicyclic) bond motifs is 1. The maximum atomic E-state index is 12.8. The number of amides is 4. The predicted octanol–water partition coefficient (Wildman–Crippen LogP) is -6.36. The molecular formula is C19H35N8O13P. The molecule has 0 radical (unpaired) electrons. The van der Waals surface area contributed by atoms with Crippen molar-refractivity contribution in [3.05, 3.63) is 0 Å². The largest absolute Gasteiger partial charge is 0.472 e. The third-order valence-corrected chi connectivity index (χ3v) is 8.29. The lowest BCUT2D eigenvalue weighted by Gasteiger charge is -2.37. The summed E-state index contributed by atoms with van der Waals surface area (Å²) in [5, 5.41) is 51.8. The summed E-state index contributed by atoms with van der Waals surface area (Å²) in [6.07, 6.45) is -13.2. The first-order chi connectivity index (χ1) is 18.9. The number of nitrogens with zero attached hydrogens (tertiary/aromatic N) is 2. The van der Waals surface area contributed by atoms with Gasteiger partial charge in [0.2, 0.25) is 11.8 Å². The van der Waals surface area contributed by atoms with Crippen LogP contribution in [0.4, 0.5) is 4.79 Å². The Labute approximate surface area is 232 Å². The number of hydrogen-bond donors (Lipinski definition) is 11. The molecular weight excluding hydrogens is 579 g/mol. The fourth-order valence-corrected chi connectivity index (χ4v) is 6.28. The van der Waals surface area contributed by atoms with E-state index in [1.807, 2.05) is 0 Å². The molecule has 21 nitrogen and oxygen atoms in total. The molecule has 234 valence electrons. The lowest BCUT2D eigenvalue weighted by atomic mass is 10.1. The SMILES string of the molecule is N.NC1NC(=O)C2NCN(C3OC(CO)C(OP(=O)(O)OCC4OC(N5CCC(=O)NC5=O)C(O)C4O)C3O)C2N1. The molecule has 22 heteroatoms. The number of aliphatic hydroxyl groups is 4. The van der Waals surface area contributed by atoms with Crippen LogP contribution in [0.15, 0.2) is 0 Å².